The number of hydrogen-bond acceptors (Lipinski definition) is 3. The Morgan fingerprint density at radius 3 is 2.62 bits per heavy atom. The summed E-state index contributed by atoms with van der Waals surface area (Å²) in [7, 11) is 0. The van der Waals surface area contributed by atoms with E-state index in [2.05, 4.69) is 0 Å². The van der Waals surface area contributed by atoms with Gasteiger partial charge < -0.3 is 9.52 Å². The number of benzene rings is 1. The molecule has 0 bridgehead atoms. The lowest BCUT2D eigenvalue weighted by Gasteiger charge is -2.13. The lowest BCUT2D eigenvalue weighted by molar-refractivity contribution is 0.0692. The van der Waals surface area contributed by atoms with Gasteiger partial charge >= 0.3 is 5.97 Å². The third-order valence-corrected chi connectivity index (χ3v) is 3.70. The summed E-state index contributed by atoms with van der Waals surface area (Å²) < 4.78 is 5.19. The molecule has 1 aliphatic rings. The second-order valence-corrected chi connectivity index (χ2v) is 5.24. The van der Waals surface area contributed by atoms with E-state index in [0.717, 1.165) is 11.8 Å². The Hall–Kier alpha value is -2.33. The van der Waals surface area contributed by atoms with Gasteiger partial charge in [0.25, 0.3) is 0 Å². The molecule has 3 rings (SSSR count). The van der Waals surface area contributed by atoms with E-state index in [1.807, 2.05) is 12.1 Å². The average molecular weight is 303 g/mol. The molecule has 0 amide bonds. The maximum Gasteiger partial charge on any atom is 0.339 e. The van der Waals surface area contributed by atoms with Gasteiger partial charge in [0.2, 0.25) is 0 Å². The van der Waals surface area contributed by atoms with E-state index in [-0.39, 0.29) is 16.9 Å². The van der Waals surface area contributed by atoms with Gasteiger partial charge in [0, 0.05) is 17.0 Å². The second kappa shape index (κ2) is 5.22. The molecule has 106 valence electrons. The molecule has 1 aromatic carbocycles. The first kappa shape index (κ1) is 13.6. The number of carbonyl (C=O) groups excluding carboxylic acids is 1. The monoisotopic (exact) mass is 302 g/mol. The van der Waals surface area contributed by atoms with Crippen LogP contribution in [0.25, 0.3) is 6.08 Å². The van der Waals surface area contributed by atoms with Crippen LogP contribution in [0.5, 0.6) is 0 Å². The van der Waals surface area contributed by atoms with E-state index in [0.29, 0.717) is 29.2 Å². The van der Waals surface area contributed by atoms with Crippen LogP contribution >= 0.6 is 11.6 Å². The van der Waals surface area contributed by atoms with Crippen LogP contribution in [-0.2, 0) is 6.42 Å². The number of Topliss-reactive ketones (excluding diaryl/α,β-unsaturated/α-hetero) is 1. The first-order chi connectivity index (χ1) is 10.1. The molecule has 1 heterocycles. The molecular formula is C16H11ClO4. The number of aromatic carboxylic acids is 1. The van der Waals surface area contributed by atoms with Crippen LogP contribution in [-0.4, -0.2) is 16.9 Å². The molecule has 0 saturated heterocycles. The van der Waals surface area contributed by atoms with Crippen molar-refractivity contribution < 1.29 is 19.1 Å². The Balaban J connectivity index is 2.00. The molecule has 0 saturated carbocycles. The highest BCUT2D eigenvalue weighted by atomic mass is 35.5. The van der Waals surface area contributed by atoms with Crippen LogP contribution in [0.15, 0.2) is 40.5 Å². The minimum atomic E-state index is -1.15. The van der Waals surface area contributed by atoms with Crippen molar-refractivity contribution in [1.29, 1.82) is 0 Å². The third-order valence-electron chi connectivity index (χ3n) is 3.45. The summed E-state index contributed by atoms with van der Waals surface area (Å²) in [6, 6.07) is 7.11. The summed E-state index contributed by atoms with van der Waals surface area (Å²) in [6.45, 7) is 0. The number of furan rings is 1. The molecule has 0 fully saturated rings. The number of allylic oxidation sites excluding steroid dienone is 1. The molecule has 1 aliphatic carbocycles. The number of rotatable bonds is 2. The Labute approximate surface area is 125 Å². The molecule has 0 aliphatic heterocycles. The molecular weight excluding hydrogens is 292 g/mol. The normalized spacial score (nSPS) is 16.0. The lowest BCUT2D eigenvalue weighted by Crippen LogP contribution is -2.15. The minimum Gasteiger partial charge on any atom is -0.478 e. The van der Waals surface area contributed by atoms with Gasteiger partial charge in [0.15, 0.2) is 5.78 Å². The Morgan fingerprint density at radius 2 is 1.95 bits per heavy atom. The van der Waals surface area contributed by atoms with Gasteiger partial charge in [0.1, 0.15) is 17.6 Å². The summed E-state index contributed by atoms with van der Waals surface area (Å²) >= 11 is 5.83. The van der Waals surface area contributed by atoms with E-state index in [9.17, 15) is 9.59 Å². The fourth-order valence-corrected chi connectivity index (χ4v) is 2.53. The summed E-state index contributed by atoms with van der Waals surface area (Å²) in [5, 5.41) is 9.73. The SMILES string of the molecule is O=C(O)c1coc2c1C(=O)/C(=C/c1ccc(Cl)cc1)CC2. The number of ketones is 1. The first-order valence-corrected chi connectivity index (χ1v) is 6.78. The van der Waals surface area contributed by atoms with Crippen molar-refractivity contribution >= 4 is 29.4 Å². The van der Waals surface area contributed by atoms with Gasteiger partial charge in [-0.1, -0.05) is 23.7 Å². The molecule has 5 heteroatoms. The van der Waals surface area contributed by atoms with E-state index in [1.54, 1.807) is 18.2 Å². The van der Waals surface area contributed by atoms with Gasteiger partial charge in [-0.05, 0) is 30.2 Å². The predicted octanol–water partition coefficient (Wildman–Crippen LogP) is 3.84. The molecule has 0 unspecified atom stereocenters. The summed E-state index contributed by atoms with van der Waals surface area (Å²) in [5.41, 5.74) is 1.53. The second-order valence-electron chi connectivity index (χ2n) is 4.80. The van der Waals surface area contributed by atoms with Gasteiger partial charge in [-0.25, -0.2) is 4.79 Å². The fourth-order valence-electron chi connectivity index (χ4n) is 2.41. The number of carbonyl (C=O) groups is 2. The van der Waals surface area contributed by atoms with E-state index >= 15 is 0 Å². The number of hydrogen-bond donors (Lipinski definition) is 1. The standard InChI is InChI=1S/C16H11ClO4/c17-11-4-1-9(2-5-11)7-10-3-6-13-14(15(10)18)12(8-21-13)16(19)20/h1-2,4-5,7-8H,3,6H2,(H,19,20)/b10-7+. The van der Waals surface area contributed by atoms with Gasteiger partial charge in [0.05, 0.1) is 5.56 Å². The van der Waals surface area contributed by atoms with Crippen molar-refractivity contribution in [3.05, 3.63) is 63.6 Å². The Bertz CT molecular complexity index is 753. The summed E-state index contributed by atoms with van der Waals surface area (Å²) in [6.07, 6.45) is 3.95. The highest BCUT2D eigenvalue weighted by Gasteiger charge is 2.30. The molecule has 1 aromatic heterocycles. The lowest BCUT2D eigenvalue weighted by atomic mass is 9.88. The van der Waals surface area contributed by atoms with Crippen molar-refractivity contribution in [2.45, 2.75) is 12.8 Å². The first-order valence-electron chi connectivity index (χ1n) is 6.41. The minimum absolute atomic E-state index is 0.0725. The Morgan fingerprint density at radius 1 is 1.24 bits per heavy atom. The number of halogens is 1. The van der Waals surface area contributed by atoms with Gasteiger partial charge in [-0.15, -0.1) is 0 Å². The number of carboxylic acid groups (broad SMARTS) is 1. The molecule has 2 aromatic rings. The highest BCUT2D eigenvalue weighted by Crippen LogP contribution is 2.30. The third kappa shape index (κ3) is 2.50. The van der Waals surface area contributed by atoms with Crippen LogP contribution in [0.2, 0.25) is 5.02 Å². The van der Waals surface area contributed by atoms with E-state index < -0.39 is 5.97 Å². The maximum absolute atomic E-state index is 12.5. The maximum atomic E-state index is 12.5. The van der Waals surface area contributed by atoms with Crippen molar-refractivity contribution in [2.24, 2.45) is 0 Å². The zero-order valence-corrected chi connectivity index (χ0v) is 11.7. The topological polar surface area (TPSA) is 67.5 Å². The summed E-state index contributed by atoms with van der Waals surface area (Å²) in [5.74, 6) is -0.982. The van der Waals surface area contributed by atoms with Crippen LogP contribution in [0.3, 0.4) is 0 Å². The van der Waals surface area contributed by atoms with Crippen LogP contribution in [0, 0.1) is 0 Å². The smallest absolute Gasteiger partial charge is 0.339 e. The molecule has 21 heavy (non-hydrogen) atoms. The molecule has 1 N–H and O–H groups in total. The van der Waals surface area contributed by atoms with Crippen LogP contribution < -0.4 is 0 Å². The number of carboxylic acids is 1. The quantitative estimate of drug-likeness (QED) is 0.856. The van der Waals surface area contributed by atoms with Gasteiger partial charge in [-0.2, -0.15) is 0 Å². The average Bonchev–Trinajstić information content (AvgIpc) is 2.89. The van der Waals surface area contributed by atoms with E-state index in [1.165, 1.54) is 0 Å². The molecule has 0 atom stereocenters. The zero-order chi connectivity index (χ0) is 15.0. The van der Waals surface area contributed by atoms with Crippen molar-refractivity contribution in [3.8, 4) is 0 Å². The van der Waals surface area contributed by atoms with E-state index in [4.69, 9.17) is 21.1 Å². The zero-order valence-electron chi connectivity index (χ0n) is 10.9. The van der Waals surface area contributed by atoms with Gasteiger partial charge in [-0.3, -0.25) is 4.79 Å². The highest BCUT2D eigenvalue weighted by molar-refractivity contribution is 6.30. The van der Waals surface area contributed by atoms with Crippen LogP contribution in [0.4, 0.5) is 0 Å². The number of fused-ring (bicyclic) bond motifs is 1. The van der Waals surface area contributed by atoms with Crippen LogP contribution in [0.1, 0.15) is 38.5 Å². The predicted molar refractivity (Wildman–Crippen MR) is 77.7 cm³/mol. The van der Waals surface area contributed by atoms with Crippen molar-refractivity contribution in [2.75, 3.05) is 0 Å². The summed E-state index contributed by atoms with van der Waals surface area (Å²) in [4.78, 5) is 23.6. The largest absolute Gasteiger partial charge is 0.478 e. The van der Waals surface area contributed by atoms with Crippen molar-refractivity contribution in [3.63, 3.8) is 0 Å². The Kier molecular flexibility index (Phi) is 3.39. The molecule has 4 nitrogen and oxygen atoms in total. The molecule has 0 radical (unpaired) electrons. The van der Waals surface area contributed by atoms with Crippen molar-refractivity contribution in [1.82, 2.24) is 0 Å². The number of aryl methyl sites for hydroxylation is 1. The fraction of sp³-hybridized carbons (Fsp3) is 0.125. The molecule has 0 spiro atoms.